The highest BCUT2D eigenvalue weighted by atomic mass is 19.1. The maximum atomic E-state index is 13.1. The summed E-state index contributed by atoms with van der Waals surface area (Å²) in [5.74, 6) is 2.34. The van der Waals surface area contributed by atoms with Crippen molar-refractivity contribution in [3.05, 3.63) is 47.3 Å². The number of piperidine rings is 1. The number of halogens is 1. The lowest BCUT2D eigenvalue weighted by atomic mass is 9.96. The maximum Gasteiger partial charge on any atom is 0.146 e. The lowest BCUT2D eigenvalue weighted by molar-refractivity contribution is 0.0326. The molecule has 1 atom stereocenters. The quantitative estimate of drug-likeness (QED) is 0.804. The molecule has 0 saturated carbocycles. The largest absolute Gasteiger partial charge is 0.379 e. The van der Waals surface area contributed by atoms with E-state index >= 15 is 0 Å². The molecule has 0 aliphatic carbocycles. The van der Waals surface area contributed by atoms with E-state index < -0.39 is 0 Å². The summed E-state index contributed by atoms with van der Waals surface area (Å²) in [6.45, 7) is 7.24. The number of hydrogen-bond acceptors (Lipinski definition) is 5. The number of rotatable bonds is 5. The van der Waals surface area contributed by atoms with Gasteiger partial charge in [-0.05, 0) is 37.1 Å². The molecule has 7 heteroatoms. The van der Waals surface area contributed by atoms with E-state index in [9.17, 15) is 4.39 Å². The molecule has 146 valence electrons. The molecular formula is C20H28FN5O. The van der Waals surface area contributed by atoms with Gasteiger partial charge in [-0.2, -0.15) is 0 Å². The molecule has 1 aromatic carbocycles. The molecule has 4 rings (SSSR count). The number of likely N-dealkylation sites (tertiary alicyclic amines) is 1. The van der Waals surface area contributed by atoms with Crippen molar-refractivity contribution >= 4 is 0 Å². The molecular weight excluding hydrogens is 345 g/mol. The molecule has 1 unspecified atom stereocenters. The fourth-order valence-electron chi connectivity index (χ4n) is 4.09. The highest BCUT2D eigenvalue weighted by Crippen LogP contribution is 2.27. The normalized spacial score (nSPS) is 22.2. The summed E-state index contributed by atoms with van der Waals surface area (Å²) >= 11 is 0. The van der Waals surface area contributed by atoms with Crippen molar-refractivity contribution < 1.29 is 9.13 Å². The van der Waals surface area contributed by atoms with Gasteiger partial charge in [0.05, 0.1) is 19.8 Å². The summed E-state index contributed by atoms with van der Waals surface area (Å²) in [6.07, 6.45) is 2.29. The third-order valence-electron chi connectivity index (χ3n) is 5.66. The SMILES string of the molecule is Cn1c(CN2CCOCC2)nnc1C1CCCN(Cc2ccc(F)cc2)C1. The minimum atomic E-state index is -0.179. The molecule has 0 spiro atoms. The standard InChI is InChI=1S/C20H28FN5O/c1-24-19(15-25-9-11-27-12-10-25)22-23-20(24)17-3-2-8-26(14-17)13-16-4-6-18(21)7-5-16/h4-7,17H,2-3,8-15H2,1H3. The van der Waals surface area contributed by atoms with Crippen LogP contribution in [0.4, 0.5) is 4.39 Å². The predicted octanol–water partition coefficient (Wildman–Crippen LogP) is 2.17. The summed E-state index contributed by atoms with van der Waals surface area (Å²) in [4.78, 5) is 4.82. The van der Waals surface area contributed by atoms with Crippen molar-refractivity contribution in [2.24, 2.45) is 7.05 Å². The van der Waals surface area contributed by atoms with Gasteiger partial charge in [0.15, 0.2) is 0 Å². The van der Waals surface area contributed by atoms with E-state index in [-0.39, 0.29) is 5.82 Å². The molecule has 0 radical (unpaired) electrons. The van der Waals surface area contributed by atoms with Crippen molar-refractivity contribution in [2.45, 2.75) is 31.8 Å². The van der Waals surface area contributed by atoms with Crippen LogP contribution in [0.5, 0.6) is 0 Å². The van der Waals surface area contributed by atoms with Crippen LogP contribution in [-0.4, -0.2) is 64.0 Å². The number of nitrogens with zero attached hydrogens (tertiary/aromatic N) is 5. The van der Waals surface area contributed by atoms with Gasteiger partial charge in [0.2, 0.25) is 0 Å². The van der Waals surface area contributed by atoms with Crippen LogP contribution in [0.25, 0.3) is 0 Å². The van der Waals surface area contributed by atoms with Crippen molar-refractivity contribution in [3.8, 4) is 0 Å². The first-order valence-corrected chi connectivity index (χ1v) is 9.84. The average molecular weight is 373 g/mol. The first-order valence-electron chi connectivity index (χ1n) is 9.84. The van der Waals surface area contributed by atoms with E-state index in [1.54, 1.807) is 0 Å². The maximum absolute atomic E-state index is 13.1. The summed E-state index contributed by atoms with van der Waals surface area (Å²) in [5, 5.41) is 9.01. The Morgan fingerprint density at radius 1 is 1.04 bits per heavy atom. The topological polar surface area (TPSA) is 46.4 Å². The Morgan fingerprint density at radius 3 is 2.59 bits per heavy atom. The first kappa shape index (κ1) is 18.5. The minimum absolute atomic E-state index is 0.179. The predicted molar refractivity (Wildman–Crippen MR) is 101 cm³/mol. The van der Waals surface area contributed by atoms with Crippen molar-refractivity contribution in [1.29, 1.82) is 0 Å². The molecule has 0 amide bonds. The van der Waals surface area contributed by atoms with Gasteiger partial charge in [-0.3, -0.25) is 9.80 Å². The van der Waals surface area contributed by atoms with Crippen LogP contribution in [0, 0.1) is 5.82 Å². The van der Waals surface area contributed by atoms with Gasteiger partial charge >= 0.3 is 0 Å². The van der Waals surface area contributed by atoms with Gasteiger partial charge in [0, 0.05) is 39.1 Å². The Morgan fingerprint density at radius 2 is 1.81 bits per heavy atom. The van der Waals surface area contributed by atoms with Crippen LogP contribution < -0.4 is 0 Å². The van der Waals surface area contributed by atoms with Gasteiger partial charge in [-0.15, -0.1) is 10.2 Å². The van der Waals surface area contributed by atoms with Crippen LogP contribution in [0.15, 0.2) is 24.3 Å². The fraction of sp³-hybridized carbons (Fsp3) is 0.600. The highest BCUT2D eigenvalue weighted by molar-refractivity contribution is 5.16. The lowest BCUT2D eigenvalue weighted by Crippen LogP contribution is -2.36. The van der Waals surface area contributed by atoms with Crippen molar-refractivity contribution in [1.82, 2.24) is 24.6 Å². The molecule has 27 heavy (non-hydrogen) atoms. The molecule has 2 saturated heterocycles. The minimum Gasteiger partial charge on any atom is -0.379 e. The molecule has 6 nitrogen and oxygen atoms in total. The Labute approximate surface area is 159 Å². The van der Waals surface area contributed by atoms with Crippen LogP contribution in [0.2, 0.25) is 0 Å². The number of aromatic nitrogens is 3. The monoisotopic (exact) mass is 373 g/mol. The van der Waals surface area contributed by atoms with Crippen LogP contribution in [0.3, 0.4) is 0 Å². The second-order valence-electron chi connectivity index (χ2n) is 7.62. The zero-order valence-electron chi connectivity index (χ0n) is 16.0. The van der Waals surface area contributed by atoms with E-state index in [2.05, 4.69) is 31.6 Å². The van der Waals surface area contributed by atoms with Gasteiger partial charge < -0.3 is 9.30 Å². The number of benzene rings is 1. The number of ether oxygens (including phenoxy) is 1. The summed E-state index contributed by atoms with van der Waals surface area (Å²) < 4.78 is 20.7. The summed E-state index contributed by atoms with van der Waals surface area (Å²) in [7, 11) is 2.09. The Hall–Kier alpha value is -1.83. The van der Waals surface area contributed by atoms with E-state index in [1.807, 2.05) is 12.1 Å². The van der Waals surface area contributed by atoms with Gasteiger partial charge in [0.1, 0.15) is 17.5 Å². The van der Waals surface area contributed by atoms with E-state index in [1.165, 1.54) is 12.1 Å². The van der Waals surface area contributed by atoms with Gasteiger partial charge in [-0.25, -0.2) is 4.39 Å². The van der Waals surface area contributed by atoms with Crippen LogP contribution in [-0.2, 0) is 24.9 Å². The first-order chi connectivity index (χ1) is 13.2. The number of hydrogen-bond donors (Lipinski definition) is 0. The fourth-order valence-corrected chi connectivity index (χ4v) is 4.09. The van der Waals surface area contributed by atoms with E-state index in [0.717, 1.165) is 82.5 Å². The average Bonchev–Trinajstić information content (AvgIpc) is 3.05. The molecule has 0 bridgehead atoms. The molecule has 0 N–H and O–H groups in total. The van der Waals surface area contributed by atoms with Crippen LogP contribution in [0.1, 0.15) is 36.0 Å². The molecule has 2 fully saturated rings. The third kappa shape index (κ3) is 4.54. The molecule has 2 aromatic rings. The van der Waals surface area contributed by atoms with E-state index in [0.29, 0.717) is 5.92 Å². The van der Waals surface area contributed by atoms with Crippen molar-refractivity contribution in [3.63, 3.8) is 0 Å². The molecule has 2 aliphatic heterocycles. The smallest absolute Gasteiger partial charge is 0.146 e. The Bertz CT molecular complexity index is 741. The molecule has 2 aliphatic rings. The van der Waals surface area contributed by atoms with E-state index in [4.69, 9.17) is 4.74 Å². The third-order valence-corrected chi connectivity index (χ3v) is 5.66. The molecule has 1 aromatic heterocycles. The zero-order chi connectivity index (χ0) is 18.6. The Balaban J connectivity index is 1.39. The summed E-state index contributed by atoms with van der Waals surface area (Å²) in [6, 6.07) is 6.83. The van der Waals surface area contributed by atoms with Crippen LogP contribution >= 0.6 is 0 Å². The highest BCUT2D eigenvalue weighted by Gasteiger charge is 2.26. The number of morpholine rings is 1. The summed E-state index contributed by atoms with van der Waals surface area (Å²) in [5.41, 5.74) is 1.16. The molecule has 3 heterocycles. The van der Waals surface area contributed by atoms with Gasteiger partial charge in [0.25, 0.3) is 0 Å². The Kier molecular flexibility index (Phi) is 5.80. The second-order valence-corrected chi connectivity index (χ2v) is 7.62. The van der Waals surface area contributed by atoms with Gasteiger partial charge in [-0.1, -0.05) is 12.1 Å². The second kappa shape index (κ2) is 8.46. The lowest BCUT2D eigenvalue weighted by Gasteiger charge is -2.32. The van der Waals surface area contributed by atoms with Crippen molar-refractivity contribution in [2.75, 3.05) is 39.4 Å². The zero-order valence-corrected chi connectivity index (χ0v) is 16.0.